The van der Waals surface area contributed by atoms with E-state index in [9.17, 15) is 22.8 Å². The van der Waals surface area contributed by atoms with E-state index in [0.717, 1.165) is 12.1 Å². The summed E-state index contributed by atoms with van der Waals surface area (Å²) in [5.74, 6) is -1.02. The predicted octanol–water partition coefficient (Wildman–Crippen LogP) is 1.82. The lowest BCUT2D eigenvalue weighted by atomic mass is 10.2. The lowest BCUT2D eigenvalue weighted by Crippen LogP contribution is -2.36. The van der Waals surface area contributed by atoms with Crippen LogP contribution in [0.3, 0.4) is 0 Å². The second-order valence-corrected chi connectivity index (χ2v) is 4.41. The zero-order chi connectivity index (χ0) is 15.8. The van der Waals surface area contributed by atoms with E-state index in [1.165, 1.54) is 6.07 Å². The lowest BCUT2D eigenvalue weighted by molar-refractivity contribution is 0.0892. The van der Waals surface area contributed by atoms with Crippen LogP contribution in [0.5, 0.6) is 0 Å². The molecule has 0 spiro atoms. The molecule has 2 rings (SSSR count). The Kier molecular flexibility index (Phi) is 3.61. The van der Waals surface area contributed by atoms with E-state index >= 15 is 0 Å². The Morgan fingerprint density at radius 2 is 1.95 bits per heavy atom. The molecule has 0 saturated heterocycles. The Hall–Kier alpha value is -2.53. The van der Waals surface area contributed by atoms with Crippen LogP contribution in [0.4, 0.5) is 13.2 Å². The molecule has 0 amide bonds. The molecule has 9 heteroatoms. The smallest absolute Gasteiger partial charge is 0.304 e. The van der Waals surface area contributed by atoms with Crippen LogP contribution in [0.1, 0.15) is 11.3 Å². The molecule has 0 unspecified atom stereocenters. The van der Waals surface area contributed by atoms with Crippen molar-refractivity contribution in [2.45, 2.75) is 5.38 Å². The van der Waals surface area contributed by atoms with E-state index in [4.69, 9.17) is 16.9 Å². The monoisotopic (exact) mass is 315 g/mol. The van der Waals surface area contributed by atoms with Crippen molar-refractivity contribution < 1.29 is 13.2 Å². The summed E-state index contributed by atoms with van der Waals surface area (Å²) in [5, 5.41) is 4.68. The molecular weight excluding hydrogens is 311 g/mol. The first kappa shape index (κ1) is 14.9. The Morgan fingerprint density at radius 3 is 2.43 bits per heavy atom. The third kappa shape index (κ3) is 2.83. The van der Waals surface area contributed by atoms with Crippen LogP contribution in [0.25, 0.3) is 5.69 Å². The van der Waals surface area contributed by atoms with E-state index in [1.54, 1.807) is 11.1 Å². The van der Waals surface area contributed by atoms with Gasteiger partial charge in [-0.15, -0.1) is 0 Å². The standard InChI is InChI=1S/C12H5ClF3N3O2/c13-12(15,16)9-4-10(20)19(11(21)18-9)8-2-1-6(5-17)3-7(8)14/h1-4H,(H,18,21). The normalized spacial score (nSPS) is 11.2. The van der Waals surface area contributed by atoms with Gasteiger partial charge in [0.2, 0.25) is 0 Å². The third-order valence-electron chi connectivity index (χ3n) is 2.56. The van der Waals surface area contributed by atoms with Crippen LogP contribution in [0.15, 0.2) is 33.9 Å². The van der Waals surface area contributed by atoms with E-state index in [-0.39, 0.29) is 5.56 Å². The summed E-state index contributed by atoms with van der Waals surface area (Å²) in [6, 6.07) is 5.07. The Labute approximate surface area is 119 Å². The summed E-state index contributed by atoms with van der Waals surface area (Å²) in [5.41, 5.74) is -4.04. The third-order valence-corrected chi connectivity index (χ3v) is 2.76. The number of nitrogens with zero attached hydrogens (tertiary/aromatic N) is 2. The van der Waals surface area contributed by atoms with Crippen LogP contribution in [0.2, 0.25) is 0 Å². The first-order valence-corrected chi connectivity index (χ1v) is 5.75. The number of aromatic amines is 1. The van der Waals surface area contributed by atoms with E-state index < -0.39 is 33.8 Å². The topological polar surface area (TPSA) is 78.7 Å². The van der Waals surface area contributed by atoms with E-state index in [2.05, 4.69) is 0 Å². The highest BCUT2D eigenvalue weighted by atomic mass is 35.5. The average molecular weight is 316 g/mol. The number of halogens is 4. The number of aromatic nitrogens is 2. The Balaban J connectivity index is 2.70. The minimum Gasteiger partial charge on any atom is -0.304 e. The number of H-pyrrole nitrogens is 1. The molecule has 21 heavy (non-hydrogen) atoms. The van der Waals surface area contributed by atoms with E-state index in [0.29, 0.717) is 10.6 Å². The van der Waals surface area contributed by atoms with Gasteiger partial charge in [0, 0.05) is 6.07 Å². The van der Waals surface area contributed by atoms with Crippen LogP contribution in [-0.4, -0.2) is 9.55 Å². The summed E-state index contributed by atoms with van der Waals surface area (Å²) in [6.07, 6.45) is 0. The maximum Gasteiger partial charge on any atom is 0.362 e. The van der Waals surface area contributed by atoms with Gasteiger partial charge >= 0.3 is 11.1 Å². The molecule has 0 fully saturated rings. The molecular formula is C12H5ClF3N3O2. The van der Waals surface area contributed by atoms with Gasteiger partial charge in [0.05, 0.1) is 17.3 Å². The largest absolute Gasteiger partial charge is 0.362 e. The van der Waals surface area contributed by atoms with Crippen molar-refractivity contribution in [3.63, 3.8) is 0 Å². The second-order valence-electron chi connectivity index (χ2n) is 3.94. The molecule has 108 valence electrons. The molecule has 1 N–H and O–H groups in total. The van der Waals surface area contributed by atoms with Gasteiger partial charge in [-0.2, -0.15) is 14.0 Å². The molecule has 0 aliphatic carbocycles. The molecule has 0 bridgehead atoms. The number of nitrogens with one attached hydrogen (secondary N) is 1. The van der Waals surface area contributed by atoms with Gasteiger partial charge in [-0.3, -0.25) is 4.79 Å². The van der Waals surface area contributed by atoms with Gasteiger partial charge in [0.25, 0.3) is 5.56 Å². The quantitative estimate of drug-likeness (QED) is 0.859. The minimum atomic E-state index is -3.93. The predicted molar refractivity (Wildman–Crippen MR) is 67.1 cm³/mol. The van der Waals surface area contributed by atoms with Crippen molar-refractivity contribution in [2.24, 2.45) is 0 Å². The molecule has 0 radical (unpaired) electrons. The van der Waals surface area contributed by atoms with Crippen LogP contribution in [0, 0.1) is 17.1 Å². The summed E-state index contributed by atoms with van der Waals surface area (Å²) >= 11 is 4.71. The molecule has 0 aliphatic heterocycles. The number of hydrogen-bond donors (Lipinski definition) is 1. The number of rotatable bonds is 2. The summed E-state index contributed by atoms with van der Waals surface area (Å²) in [4.78, 5) is 25.1. The summed E-state index contributed by atoms with van der Waals surface area (Å²) < 4.78 is 39.8. The molecule has 1 aromatic heterocycles. The summed E-state index contributed by atoms with van der Waals surface area (Å²) in [6.45, 7) is 0. The number of benzene rings is 1. The van der Waals surface area contributed by atoms with Crippen LogP contribution < -0.4 is 11.2 Å². The van der Waals surface area contributed by atoms with Gasteiger partial charge in [-0.1, -0.05) is 0 Å². The van der Waals surface area contributed by atoms with Crippen molar-refractivity contribution in [1.82, 2.24) is 9.55 Å². The summed E-state index contributed by atoms with van der Waals surface area (Å²) in [7, 11) is 0. The minimum absolute atomic E-state index is 0.0235. The molecule has 0 saturated carbocycles. The van der Waals surface area contributed by atoms with Crippen molar-refractivity contribution in [3.8, 4) is 11.8 Å². The van der Waals surface area contributed by atoms with Gasteiger partial charge in [0.1, 0.15) is 11.5 Å². The zero-order valence-corrected chi connectivity index (χ0v) is 10.8. The maximum atomic E-state index is 13.8. The first-order valence-electron chi connectivity index (χ1n) is 5.37. The van der Waals surface area contributed by atoms with Gasteiger partial charge < -0.3 is 4.98 Å². The van der Waals surface area contributed by atoms with Crippen LogP contribution >= 0.6 is 11.6 Å². The fourth-order valence-electron chi connectivity index (χ4n) is 1.63. The SMILES string of the molecule is N#Cc1ccc(-n2c(=O)cc(C(F)(F)Cl)[nH]c2=O)c(F)c1. The number of alkyl halides is 3. The van der Waals surface area contributed by atoms with Crippen LogP contribution in [-0.2, 0) is 5.38 Å². The molecule has 1 aromatic carbocycles. The fourth-order valence-corrected chi connectivity index (χ4v) is 1.74. The van der Waals surface area contributed by atoms with Crippen molar-refractivity contribution >= 4 is 11.6 Å². The first-order chi connectivity index (χ1) is 9.74. The highest BCUT2D eigenvalue weighted by molar-refractivity contribution is 6.21. The molecule has 5 nitrogen and oxygen atoms in total. The van der Waals surface area contributed by atoms with Gasteiger partial charge in [-0.05, 0) is 29.8 Å². The molecule has 0 aliphatic rings. The highest BCUT2D eigenvalue weighted by Gasteiger charge is 2.30. The molecule has 0 atom stereocenters. The zero-order valence-electron chi connectivity index (χ0n) is 10.0. The molecule has 2 aromatic rings. The Bertz CT molecular complexity index is 831. The Morgan fingerprint density at radius 1 is 1.29 bits per heavy atom. The number of hydrogen-bond acceptors (Lipinski definition) is 3. The average Bonchev–Trinajstić information content (AvgIpc) is 2.38. The van der Waals surface area contributed by atoms with E-state index in [1.807, 2.05) is 0 Å². The molecule has 1 heterocycles. The van der Waals surface area contributed by atoms with Crippen molar-refractivity contribution in [2.75, 3.05) is 0 Å². The maximum absolute atomic E-state index is 13.8. The lowest BCUT2D eigenvalue weighted by Gasteiger charge is -2.10. The number of nitriles is 1. The fraction of sp³-hybridized carbons (Fsp3) is 0.0833. The van der Waals surface area contributed by atoms with Gasteiger partial charge in [0.15, 0.2) is 0 Å². The second kappa shape index (κ2) is 5.10. The van der Waals surface area contributed by atoms with Crippen molar-refractivity contribution in [3.05, 3.63) is 62.2 Å². The highest BCUT2D eigenvalue weighted by Crippen LogP contribution is 2.29. The van der Waals surface area contributed by atoms with Gasteiger partial charge in [-0.25, -0.2) is 13.8 Å². The van der Waals surface area contributed by atoms with Crippen molar-refractivity contribution in [1.29, 1.82) is 5.26 Å².